The predicted octanol–water partition coefficient (Wildman–Crippen LogP) is 4.66. The SMILES string of the molecule is CC(=O)OC1=C(C2=CCCCCC2)CCCCC1. The molecular formula is C16H24O2. The number of carbonyl (C=O) groups excluding carboxylic acids is 1. The zero-order valence-electron chi connectivity index (χ0n) is 11.5. The molecule has 0 saturated carbocycles. The Kier molecular flexibility index (Phi) is 5.03. The van der Waals surface area contributed by atoms with E-state index in [1.807, 2.05) is 0 Å². The van der Waals surface area contributed by atoms with E-state index in [0.29, 0.717) is 0 Å². The van der Waals surface area contributed by atoms with Crippen LogP contribution in [0.4, 0.5) is 0 Å². The van der Waals surface area contributed by atoms with Gasteiger partial charge in [-0.05, 0) is 56.1 Å². The molecule has 0 bridgehead atoms. The molecule has 0 radical (unpaired) electrons. The van der Waals surface area contributed by atoms with E-state index in [0.717, 1.165) is 25.0 Å². The Bertz CT molecular complexity index is 363. The molecule has 2 heteroatoms. The summed E-state index contributed by atoms with van der Waals surface area (Å²) in [6.07, 6.45) is 14.3. The topological polar surface area (TPSA) is 26.3 Å². The third-order valence-electron chi connectivity index (χ3n) is 3.86. The van der Waals surface area contributed by atoms with Crippen molar-refractivity contribution in [3.63, 3.8) is 0 Å². The van der Waals surface area contributed by atoms with Gasteiger partial charge in [0.15, 0.2) is 0 Å². The summed E-state index contributed by atoms with van der Waals surface area (Å²) in [5, 5.41) is 0. The van der Waals surface area contributed by atoms with Crippen molar-refractivity contribution in [2.75, 3.05) is 0 Å². The number of esters is 1. The maximum Gasteiger partial charge on any atom is 0.307 e. The van der Waals surface area contributed by atoms with E-state index < -0.39 is 0 Å². The van der Waals surface area contributed by atoms with Crippen molar-refractivity contribution >= 4 is 5.97 Å². The maximum absolute atomic E-state index is 11.2. The molecule has 0 amide bonds. The quantitative estimate of drug-likeness (QED) is 0.664. The standard InChI is InChI=1S/C16H24O2/c1-13(17)18-16-12-8-4-7-11-15(16)14-9-5-2-3-6-10-14/h9H,2-8,10-12H2,1H3. The van der Waals surface area contributed by atoms with Gasteiger partial charge in [-0.25, -0.2) is 0 Å². The molecule has 0 heterocycles. The third kappa shape index (κ3) is 3.72. The Labute approximate surface area is 110 Å². The zero-order chi connectivity index (χ0) is 12.8. The van der Waals surface area contributed by atoms with Gasteiger partial charge in [-0.2, -0.15) is 0 Å². The molecule has 0 aromatic heterocycles. The monoisotopic (exact) mass is 248 g/mol. The van der Waals surface area contributed by atoms with Crippen LogP contribution >= 0.6 is 0 Å². The highest BCUT2D eigenvalue weighted by atomic mass is 16.5. The van der Waals surface area contributed by atoms with Gasteiger partial charge in [-0.3, -0.25) is 4.79 Å². The van der Waals surface area contributed by atoms with Crippen molar-refractivity contribution in [3.8, 4) is 0 Å². The fraction of sp³-hybridized carbons (Fsp3) is 0.688. The molecule has 0 unspecified atom stereocenters. The summed E-state index contributed by atoms with van der Waals surface area (Å²) in [7, 11) is 0. The second-order valence-electron chi connectivity index (χ2n) is 5.38. The van der Waals surface area contributed by atoms with E-state index >= 15 is 0 Å². The summed E-state index contributed by atoms with van der Waals surface area (Å²) in [6.45, 7) is 1.51. The second-order valence-corrected chi connectivity index (χ2v) is 5.38. The molecule has 2 aliphatic rings. The third-order valence-corrected chi connectivity index (χ3v) is 3.86. The van der Waals surface area contributed by atoms with Crippen LogP contribution in [0.5, 0.6) is 0 Å². The lowest BCUT2D eigenvalue weighted by atomic mass is 9.96. The molecular weight excluding hydrogens is 224 g/mol. The fourth-order valence-electron chi connectivity index (χ4n) is 2.97. The fourth-order valence-corrected chi connectivity index (χ4v) is 2.97. The molecule has 0 atom stereocenters. The highest BCUT2D eigenvalue weighted by Gasteiger charge is 2.18. The Morgan fingerprint density at radius 2 is 1.72 bits per heavy atom. The number of carbonyl (C=O) groups is 1. The Hall–Kier alpha value is -1.05. The van der Waals surface area contributed by atoms with Gasteiger partial charge < -0.3 is 4.74 Å². The van der Waals surface area contributed by atoms with Gasteiger partial charge in [-0.15, -0.1) is 0 Å². The normalized spacial score (nSPS) is 21.9. The first-order chi connectivity index (χ1) is 8.77. The zero-order valence-corrected chi connectivity index (χ0v) is 11.5. The molecule has 2 aliphatic carbocycles. The van der Waals surface area contributed by atoms with Crippen LogP contribution in [0.2, 0.25) is 0 Å². The van der Waals surface area contributed by atoms with E-state index in [4.69, 9.17) is 4.74 Å². The van der Waals surface area contributed by atoms with Crippen molar-refractivity contribution in [1.82, 2.24) is 0 Å². The van der Waals surface area contributed by atoms with Gasteiger partial charge in [0.1, 0.15) is 5.76 Å². The molecule has 2 rings (SSSR count). The molecule has 2 nitrogen and oxygen atoms in total. The summed E-state index contributed by atoms with van der Waals surface area (Å²) in [5.74, 6) is 0.798. The molecule has 0 spiro atoms. The average molecular weight is 248 g/mol. The lowest BCUT2D eigenvalue weighted by molar-refractivity contribution is -0.137. The van der Waals surface area contributed by atoms with Gasteiger partial charge in [0, 0.05) is 13.3 Å². The van der Waals surface area contributed by atoms with Crippen molar-refractivity contribution < 1.29 is 9.53 Å². The molecule has 0 aromatic carbocycles. The largest absolute Gasteiger partial charge is 0.431 e. The summed E-state index contributed by atoms with van der Waals surface area (Å²) < 4.78 is 5.48. The molecule has 0 aromatic rings. The molecule has 100 valence electrons. The molecule has 0 fully saturated rings. The van der Waals surface area contributed by atoms with Gasteiger partial charge in [0.25, 0.3) is 0 Å². The molecule has 0 aliphatic heterocycles. The van der Waals surface area contributed by atoms with Crippen LogP contribution in [-0.2, 0) is 9.53 Å². The van der Waals surface area contributed by atoms with Crippen LogP contribution in [0.15, 0.2) is 23.0 Å². The number of allylic oxidation sites excluding steroid dienone is 4. The lowest BCUT2D eigenvalue weighted by Gasteiger charge is -2.15. The second kappa shape index (κ2) is 6.77. The number of hydrogen-bond donors (Lipinski definition) is 0. The van der Waals surface area contributed by atoms with Gasteiger partial charge >= 0.3 is 5.97 Å². The van der Waals surface area contributed by atoms with Crippen molar-refractivity contribution in [2.24, 2.45) is 0 Å². The number of hydrogen-bond acceptors (Lipinski definition) is 2. The Morgan fingerprint density at radius 3 is 2.56 bits per heavy atom. The van der Waals surface area contributed by atoms with E-state index in [2.05, 4.69) is 6.08 Å². The van der Waals surface area contributed by atoms with Gasteiger partial charge in [0.05, 0.1) is 0 Å². The number of ether oxygens (including phenoxy) is 1. The first-order valence-electron chi connectivity index (χ1n) is 7.37. The van der Waals surface area contributed by atoms with E-state index in [-0.39, 0.29) is 5.97 Å². The first kappa shape index (κ1) is 13.4. The van der Waals surface area contributed by atoms with Crippen molar-refractivity contribution in [2.45, 2.75) is 71.1 Å². The van der Waals surface area contributed by atoms with E-state index in [9.17, 15) is 4.79 Å². The Morgan fingerprint density at radius 1 is 1.00 bits per heavy atom. The number of rotatable bonds is 2. The summed E-state index contributed by atoms with van der Waals surface area (Å²) in [5.41, 5.74) is 2.82. The highest BCUT2D eigenvalue weighted by molar-refractivity contribution is 5.67. The smallest absolute Gasteiger partial charge is 0.307 e. The summed E-state index contributed by atoms with van der Waals surface area (Å²) in [6, 6.07) is 0. The molecule has 18 heavy (non-hydrogen) atoms. The predicted molar refractivity (Wildman–Crippen MR) is 73.0 cm³/mol. The van der Waals surface area contributed by atoms with Crippen LogP contribution in [-0.4, -0.2) is 5.97 Å². The van der Waals surface area contributed by atoms with Gasteiger partial charge in [0.2, 0.25) is 0 Å². The van der Waals surface area contributed by atoms with E-state index in [1.165, 1.54) is 63.0 Å². The van der Waals surface area contributed by atoms with Crippen LogP contribution in [0.25, 0.3) is 0 Å². The minimum atomic E-state index is -0.168. The van der Waals surface area contributed by atoms with Crippen LogP contribution in [0, 0.1) is 0 Å². The Balaban J connectivity index is 2.23. The highest BCUT2D eigenvalue weighted by Crippen LogP contribution is 2.33. The lowest BCUT2D eigenvalue weighted by Crippen LogP contribution is -2.03. The molecule has 0 saturated heterocycles. The van der Waals surface area contributed by atoms with Crippen molar-refractivity contribution in [3.05, 3.63) is 23.0 Å². The van der Waals surface area contributed by atoms with Gasteiger partial charge in [-0.1, -0.05) is 18.9 Å². The first-order valence-corrected chi connectivity index (χ1v) is 7.37. The minimum absolute atomic E-state index is 0.168. The van der Waals surface area contributed by atoms with E-state index in [1.54, 1.807) is 0 Å². The van der Waals surface area contributed by atoms with Crippen molar-refractivity contribution in [1.29, 1.82) is 0 Å². The van der Waals surface area contributed by atoms with Crippen LogP contribution in [0.1, 0.15) is 71.1 Å². The maximum atomic E-state index is 11.2. The molecule has 0 N–H and O–H groups in total. The minimum Gasteiger partial charge on any atom is -0.431 e. The van der Waals surface area contributed by atoms with Crippen LogP contribution in [0.3, 0.4) is 0 Å². The van der Waals surface area contributed by atoms with Crippen LogP contribution < -0.4 is 0 Å². The summed E-state index contributed by atoms with van der Waals surface area (Å²) >= 11 is 0. The average Bonchev–Trinajstić information content (AvgIpc) is 2.70. The summed E-state index contributed by atoms with van der Waals surface area (Å²) in [4.78, 5) is 11.2.